The van der Waals surface area contributed by atoms with Crippen LogP contribution in [0.5, 0.6) is 0 Å². The Balaban J connectivity index is 1.75. The number of nitrogens with one attached hydrogen (secondary N) is 1. The van der Waals surface area contributed by atoms with E-state index in [1.54, 1.807) is 23.5 Å². The highest BCUT2D eigenvalue weighted by atomic mass is 32.1. The maximum atomic E-state index is 10.9. The van der Waals surface area contributed by atoms with Gasteiger partial charge in [0, 0.05) is 6.04 Å². The molecule has 0 bridgehead atoms. The summed E-state index contributed by atoms with van der Waals surface area (Å²) >= 11 is 1.75. The third-order valence-corrected chi connectivity index (χ3v) is 4.68. The molecule has 0 saturated carbocycles. The maximum absolute atomic E-state index is 10.9. The summed E-state index contributed by atoms with van der Waals surface area (Å²) in [5, 5.41) is 16.8. The number of piperidine rings is 1. The highest BCUT2D eigenvalue weighted by Gasteiger charge is 2.24. The quantitative estimate of drug-likeness (QED) is 0.906. The van der Waals surface area contributed by atoms with Crippen LogP contribution in [0.15, 0.2) is 41.1 Å². The maximum Gasteiger partial charge on any atom is 0.335 e. The summed E-state index contributed by atoms with van der Waals surface area (Å²) in [6.07, 6.45) is 2.24. The van der Waals surface area contributed by atoms with Crippen molar-refractivity contribution in [2.45, 2.75) is 24.8 Å². The molecule has 1 aliphatic heterocycles. The van der Waals surface area contributed by atoms with Crippen LogP contribution in [0.1, 0.15) is 46.3 Å². The van der Waals surface area contributed by atoms with Crippen LogP contribution in [0.3, 0.4) is 0 Å². The third kappa shape index (κ3) is 2.76. The molecular formula is C16H17NO2S. The van der Waals surface area contributed by atoms with Gasteiger partial charge in [-0.3, -0.25) is 0 Å². The van der Waals surface area contributed by atoms with Crippen LogP contribution in [0, 0.1) is 0 Å². The van der Waals surface area contributed by atoms with Crippen LogP contribution in [0.2, 0.25) is 0 Å². The molecule has 20 heavy (non-hydrogen) atoms. The van der Waals surface area contributed by atoms with Gasteiger partial charge >= 0.3 is 5.97 Å². The van der Waals surface area contributed by atoms with Gasteiger partial charge in [0.2, 0.25) is 0 Å². The number of thiophene rings is 1. The molecule has 1 aromatic heterocycles. The summed E-state index contributed by atoms with van der Waals surface area (Å²) in [6, 6.07) is 9.76. The van der Waals surface area contributed by atoms with Gasteiger partial charge < -0.3 is 10.4 Å². The first kappa shape index (κ1) is 13.3. The lowest BCUT2D eigenvalue weighted by molar-refractivity contribution is 0.0697. The first-order chi connectivity index (χ1) is 9.74. The molecule has 0 radical (unpaired) electrons. The van der Waals surface area contributed by atoms with Crippen molar-refractivity contribution in [1.82, 2.24) is 5.32 Å². The molecule has 1 saturated heterocycles. The fraction of sp³-hybridized carbons (Fsp3) is 0.312. The second-order valence-electron chi connectivity index (χ2n) is 5.21. The summed E-state index contributed by atoms with van der Waals surface area (Å²) in [4.78, 5) is 10.9. The Kier molecular flexibility index (Phi) is 3.85. The molecular weight excluding hydrogens is 270 g/mol. The molecule has 1 unspecified atom stereocenters. The Morgan fingerprint density at radius 3 is 2.65 bits per heavy atom. The zero-order valence-electron chi connectivity index (χ0n) is 11.1. The van der Waals surface area contributed by atoms with Crippen molar-refractivity contribution in [2.75, 3.05) is 6.54 Å². The summed E-state index contributed by atoms with van der Waals surface area (Å²) in [5.74, 6) is -0.268. The highest BCUT2D eigenvalue weighted by molar-refractivity contribution is 7.07. The van der Waals surface area contributed by atoms with E-state index >= 15 is 0 Å². The van der Waals surface area contributed by atoms with E-state index in [0.717, 1.165) is 13.0 Å². The molecule has 1 fully saturated rings. The van der Waals surface area contributed by atoms with E-state index in [1.807, 2.05) is 12.1 Å². The molecule has 1 aromatic carbocycles. The van der Waals surface area contributed by atoms with Crippen LogP contribution in [0.25, 0.3) is 0 Å². The molecule has 2 aromatic rings. The zero-order chi connectivity index (χ0) is 13.9. The van der Waals surface area contributed by atoms with E-state index in [9.17, 15) is 4.79 Å². The number of carboxylic acids is 1. The van der Waals surface area contributed by atoms with Crippen LogP contribution >= 0.6 is 11.3 Å². The van der Waals surface area contributed by atoms with Gasteiger partial charge in [-0.1, -0.05) is 12.1 Å². The van der Waals surface area contributed by atoms with Gasteiger partial charge in [0.25, 0.3) is 0 Å². The fourth-order valence-electron chi connectivity index (χ4n) is 2.84. The minimum atomic E-state index is -0.871. The fourth-order valence-corrected chi connectivity index (χ4v) is 3.58. The number of rotatable bonds is 3. The Labute approximate surface area is 122 Å². The standard InChI is InChI=1S/C16H17NO2S/c18-16(19)12-3-1-11(2-4-12)15-9-13(5-7-17-15)14-6-8-20-10-14/h1-4,6,8,10,13,15,17H,5,7,9H2,(H,18,19)/t13?,15-/m0/s1. The van der Waals surface area contributed by atoms with Crippen LogP contribution in [-0.4, -0.2) is 17.6 Å². The van der Waals surface area contributed by atoms with Gasteiger partial charge in [-0.05, 0) is 65.4 Å². The topological polar surface area (TPSA) is 49.3 Å². The largest absolute Gasteiger partial charge is 0.478 e. The number of hydrogen-bond donors (Lipinski definition) is 2. The first-order valence-corrected chi connectivity index (χ1v) is 7.77. The zero-order valence-corrected chi connectivity index (χ0v) is 11.9. The van der Waals surface area contributed by atoms with Gasteiger partial charge in [0.05, 0.1) is 5.56 Å². The number of carbonyl (C=O) groups is 1. The van der Waals surface area contributed by atoms with E-state index in [2.05, 4.69) is 22.1 Å². The second-order valence-corrected chi connectivity index (χ2v) is 5.99. The number of carboxylic acid groups (broad SMARTS) is 1. The molecule has 2 atom stereocenters. The minimum Gasteiger partial charge on any atom is -0.478 e. The predicted octanol–water partition coefficient (Wildman–Crippen LogP) is 3.65. The monoisotopic (exact) mass is 287 g/mol. The lowest BCUT2D eigenvalue weighted by Crippen LogP contribution is -2.30. The Morgan fingerprint density at radius 2 is 2.00 bits per heavy atom. The lowest BCUT2D eigenvalue weighted by atomic mass is 9.85. The molecule has 2 N–H and O–H groups in total. The summed E-state index contributed by atoms with van der Waals surface area (Å²) in [5.41, 5.74) is 2.96. The minimum absolute atomic E-state index is 0.316. The molecule has 0 amide bonds. The van der Waals surface area contributed by atoms with Crippen LogP contribution in [0.4, 0.5) is 0 Å². The van der Waals surface area contributed by atoms with Gasteiger partial charge in [-0.25, -0.2) is 4.79 Å². The molecule has 0 aliphatic carbocycles. The van der Waals surface area contributed by atoms with E-state index in [0.29, 0.717) is 17.5 Å². The number of hydrogen-bond acceptors (Lipinski definition) is 3. The molecule has 1 aliphatic rings. The first-order valence-electron chi connectivity index (χ1n) is 6.83. The normalized spacial score (nSPS) is 22.6. The number of aromatic carboxylic acids is 1. The molecule has 104 valence electrons. The van der Waals surface area contributed by atoms with Crippen molar-refractivity contribution in [1.29, 1.82) is 0 Å². The van der Waals surface area contributed by atoms with Crippen molar-refractivity contribution in [3.63, 3.8) is 0 Å². The predicted molar refractivity (Wildman–Crippen MR) is 80.4 cm³/mol. The average Bonchev–Trinajstić information content (AvgIpc) is 3.02. The smallest absolute Gasteiger partial charge is 0.335 e. The Morgan fingerprint density at radius 1 is 1.20 bits per heavy atom. The summed E-state index contributed by atoms with van der Waals surface area (Å²) < 4.78 is 0. The third-order valence-electron chi connectivity index (χ3n) is 3.98. The molecule has 3 nitrogen and oxygen atoms in total. The van der Waals surface area contributed by atoms with Crippen molar-refractivity contribution in [2.24, 2.45) is 0 Å². The van der Waals surface area contributed by atoms with E-state index in [4.69, 9.17) is 5.11 Å². The van der Waals surface area contributed by atoms with Gasteiger partial charge in [-0.2, -0.15) is 11.3 Å². The SMILES string of the molecule is O=C(O)c1ccc([C@@H]2CC(c3ccsc3)CCN2)cc1. The van der Waals surface area contributed by atoms with Crippen LogP contribution in [-0.2, 0) is 0 Å². The van der Waals surface area contributed by atoms with Gasteiger partial charge in [0.15, 0.2) is 0 Å². The molecule has 0 spiro atoms. The Bertz CT molecular complexity index is 577. The van der Waals surface area contributed by atoms with Crippen molar-refractivity contribution in [3.05, 3.63) is 57.8 Å². The average molecular weight is 287 g/mol. The number of benzene rings is 1. The highest BCUT2D eigenvalue weighted by Crippen LogP contribution is 2.35. The molecule has 3 rings (SSSR count). The lowest BCUT2D eigenvalue weighted by Gasteiger charge is -2.30. The van der Waals surface area contributed by atoms with Crippen molar-refractivity contribution >= 4 is 17.3 Å². The second kappa shape index (κ2) is 5.77. The van der Waals surface area contributed by atoms with E-state index < -0.39 is 5.97 Å². The van der Waals surface area contributed by atoms with Crippen molar-refractivity contribution in [3.8, 4) is 0 Å². The van der Waals surface area contributed by atoms with Crippen LogP contribution < -0.4 is 5.32 Å². The molecule has 4 heteroatoms. The van der Waals surface area contributed by atoms with E-state index in [-0.39, 0.29) is 0 Å². The summed E-state index contributed by atoms with van der Waals surface area (Å²) in [7, 11) is 0. The van der Waals surface area contributed by atoms with E-state index in [1.165, 1.54) is 17.5 Å². The molecule has 2 heterocycles. The summed E-state index contributed by atoms with van der Waals surface area (Å²) in [6.45, 7) is 1.01. The van der Waals surface area contributed by atoms with Crippen molar-refractivity contribution < 1.29 is 9.90 Å². The van der Waals surface area contributed by atoms with Gasteiger partial charge in [-0.15, -0.1) is 0 Å². The van der Waals surface area contributed by atoms with Gasteiger partial charge in [0.1, 0.15) is 0 Å². The Hall–Kier alpha value is -1.65.